The number of hydrogen-bond acceptors (Lipinski definition) is 10. The molecule has 186 valence electrons. The van der Waals surface area contributed by atoms with E-state index in [0.717, 1.165) is 24.6 Å². The van der Waals surface area contributed by atoms with Crippen molar-refractivity contribution < 1.29 is 14.3 Å². The molecule has 0 radical (unpaired) electrons. The fraction of sp³-hybridized carbons (Fsp3) is 0.333. The lowest BCUT2D eigenvalue weighted by Crippen LogP contribution is -2.45. The number of nitrogens with zero attached hydrogens (tertiary/aromatic N) is 6. The van der Waals surface area contributed by atoms with Gasteiger partial charge >= 0.3 is 0 Å². The molecule has 5 rings (SSSR count). The van der Waals surface area contributed by atoms with E-state index in [0.29, 0.717) is 38.0 Å². The van der Waals surface area contributed by atoms with Crippen molar-refractivity contribution in [3.63, 3.8) is 0 Å². The van der Waals surface area contributed by atoms with Gasteiger partial charge in [0.25, 0.3) is 5.91 Å². The normalized spacial score (nSPS) is 17.9. The van der Waals surface area contributed by atoms with Gasteiger partial charge in [-0.05, 0) is 32.9 Å². The summed E-state index contributed by atoms with van der Waals surface area (Å²) in [5.74, 6) is 0.882. The Kier molecular flexibility index (Phi) is 6.69. The van der Waals surface area contributed by atoms with E-state index in [-0.39, 0.29) is 23.3 Å². The average Bonchev–Trinajstić information content (AvgIpc) is 3.24. The molecule has 10 nitrogen and oxygen atoms in total. The highest BCUT2D eigenvalue weighted by atomic mass is 35.5. The minimum atomic E-state index is -0.373. The number of fused-ring (bicyclic) bond motifs is 1. The predicted molar refractivity (Wildman–Crippen MR) is 139 cm³/mol. The first-order valence-corrected chi connectivity index (χ1v) is 12.5. The number of halogens is 1. The molecule has 1 saturated heterocycles. The molecule has 0 saturated carbocycles. The van der Waals surface area contributed by atoms with E-state index < -0.39 is 0 Å². The zero-order valence-corrected chi connectivity index (χ0v) is 21.7. The third-order valence-electron chi connectivity index (χ3n) is 5.70. The van der Waals surface area contributed by atoms with Crippen LogP contribution in [0.15, 0.2) is 30.7 Å². The zero-order valence-electron chi connectivity index (χ0n) is 20.1. The maximum atomic E-state index is 13.3. The Balaban J connectivity index is 1.44. The second-order valence-corrected chi connectivity index (χ2v) is 9.94. The molecular weight excluding hydrogens is 502 g/mol. The number of carbonyl (C=O) groups excluding carboxylic acids is 1. The van der Waals surface area contributed by atoms with Crippen LogP contribution in [0.1, 0.15) is 29.9 Å². The Morgan fingerprint density at radius 1 is 1.11 bits per heavy atom. The van der Waals surface area contributed by atoms with Gasteiger partial charge in [0.2, 0.25) is 0 Å². The van der Waals surface area contributed by atoms with Crippen LogP contribution in [0.25, 0.3) is 21.6 Å². The van der Waals surface area contributed by atoms with E-state index in [4.69, 9.17) is 26.1 Å². The molecule has 12 heteroatoms. The third kappa shape index (κ3) is 4.95. The Hall–Kier alpha value is -3.41. The van der Waals surface area contributed by atoms with E-state index in [1.807, 2.05) is 20.8 Å². The molecule has 0 unspecified atom stereocenters. The molecular formula is C24H24ClN7O3S. The monoisotopic (exact) mass is 525 g/mol. The van der Waals surface area contributed by atoms with Gasteiger partial charge in [0.15, 0.2) is 15.6 Å². The molecule has 1 N–H and O–H groups in total. The molecule has 2 atom stereocenters. The lowest BCUT2D eigenvalue weighted by Gasteiger charge is -2.35. The fourth-order valence-corrected chi connectivity index (χ4v) is 5.15. The minimum Gasteiger partial charge on any atom is -0.494 e. The van der Waals surface area contributed by atoms with Crippen molar-refractivity contribution in [2.75, 3.05) is 30.4 Å². The van der Waals surface area contributed by atoms with Crippen LogP contribution in [0, 0.1) is 6.92 Å². The lowest BCUT2D eigenvalue weighted by atomic mass is 10.0. The number of thiazole rings is 1. The van der Waals surface area contributed by atoms with Gasteiger partial charge in [-0.25, -0.2) is 15.0 Å². The van der Waals surface area contributed by atoms with Crippen molar-refractivity contribution in [1.82, 2.24) is 24.9 Å². The van der Waals surface area contributed by atoms with Gasteiger partial charge in [-0.15, -0.1) is 0 Å². The van der Waals surface area contributed by atoms with Gasteiger partial charge in [-0.1, -0.05) is 22.9 Å². The molecule has 1 fully saturated rings. The second-order valence-electron chi connectivity index (χ2n) is 8.57. The molecule has 0 aromatic carbocycles. The highest BCUT2D eigenvalue weighted by Gasteiger charge is 2.24. The largest absolute Gasteiger partial charge is 0.494 e. The summed E-state index contributed by atoms with van der Waals surface area (Å²) in [6.45, 7) is 7.40. The van der Waals surface area contributed by atoms with E-state index in [9.17, 15) is 4.79 Å². The number of amides is 1. The lowest BCUT2D eigenvalue weighted by molar-refractivity contribution is -0.00546. The maximum Gasteiger partial charge on any atom is 0.259 e. The Labute approximate surface area is 216 Å². The first kappa shape index (κ1) is 24.3. The van der Waals surface area contributed by atoms with Gasteiger partial charge in [-0.3, -0.25) is 15.1 Å². The summed E-state index contributed by atoms with van der Waals surface area (Å²) in [7, 11) is 1.54. The summed E-state index contributed by atoms with van der Waals surface area (Å²) >= 11 is 7.40. The number of rotatable bonds is 5. The van der Waals surface area contributed by atoms with Crippen LogP contribution in [-0.2, 0) is 4.74 Å². The van der Waals surface area contributed by atoms with E-state index in [1.165, 1.54) is 30.8 Å². The molecule has 5 heterocycles. The number of anilines is 2. The summed E-state index contributed by atoms with van der Waals surface area (Å²) in [5.41, 5.74) is 2.82. The van der Waals surface area contributed by atoms with Crippen LogP contribution >= 0.6 is 22.9 Å². The number of aryl methyl sites for hydroxylation is 1. The Morgan fingerprint density at radius 3 is 2.64 bits per heavy atom. The molecule has 4 aromatic heterocycles. The van der Waals surface area contributed by atoms with Crippen LogP contribution < -0.4 is 15.0 Å². The summed E-state index contributed by atoms with van der Waals surface area (Å²) in [6, 6.07) is 3.47. The number of pyridine rings is 2. The molecule has 4 aromatic rings. The number of methoxy groups -OCH3 is 1. The van der Waals surface area contributed by atoms with Gasteiger partial charge < -0.3 is 14.4 Å². The highest BCUT2D eigenvalue weighted by Crippen LogP contribution is 2.34. The van der Waals surface area contributed by atoms with E-state index in [1.54, 1.807) is 18.3 Å². The van der Waals surface area contributed by atoms with Gasteiger partial charge in [0.05, 0.1) is 37.3 Å². The number of carbonyl (C=O) groups is 1. The standard InChI is InChI=1S/C24H24ClN7O3S/c1-12-5-15(16-6-19(25)27-8-18(16)34-4)17(7-26-12)22(33)31-24-30-21-23(36-24)29-20(9-28-21)32-10-13(2)35-14(3)11-32/h5-9,13-14H,10-11H2,1-4H3,(H,28,30,31,33)/t13-,14+. The molecule has 0 spiro atoms. The molecule has 0 aliphatic carbocycles. The summed E-state index contributed by atoms with van der Waals surface area (Å²) in [4.78, 5) is 38.2. The maximum absolute atomic E-state index is 13.3. The predicted octanol–water partition coefficient (Wildman–Crippen LogP) is 4.38. The van der Waals surface area contributed by atoms with Crippen molar-refractivity contribution in [1.29, 1.82) is 0 Å². The average molecular weight is 526 g/mol. The summed E-state index contributed by atoms with van der Waals surface area (Å²) in [5, 5.41) is 3.55. The second kappa shape index (κ2) is 9.92. The van der Waals surface area contributed by atoms with E-state index >= 15 is 0 Å². The number of nitrogens with one attached hydrogen (secondary N) is 1. The zero-order chi connectivity index (χ0) is 25.4. The molecule has 0 bridgehead atoms. The van der Waals surface area contributed by atoms with Crippen LogP contribution in [0.5, 0.6) is 5.75 Å². The van der Waals surface area contributed by atoms with Crippen LogP contribution in [0.4, 0.5) is 10.9 Å². The number of aromatic nitrogens is 5. The minimum absolute atomic E-state index is 0.105. The quantitative estimate of drug-likeness (QED) is 0.379. The first-order chi connectivity index (χ1) is 17.3. The van der Waals surface area contributed by atoms with E-state index in [2.05, 4.69) is 30.2 Å². The van der Waals surface area contributed by atoms with Crippen LogP contribution in [-0.4, -0.2) is 63.2 Å². The van der Waals surface area contributed by atoms with Crippen molar-refractivity contribution in [2.45, 2.75) is 33.0 Å². The van der Waals surface area contributed by atoms with Crippen LogP contribution in [0.3, 0.4) is 0 Å². The summed E-state index contributed by atoms with van der Waals surface area (Å²) in [6.07, 6.45) is 4.96. The van der Waals surface area contributed by atoms with Crippen molar-refractivity contribution in [3.8, 4) is 16.9 Å². The van der Waals surface area contributed by atoms with Gasteiger partial charge in [-0.2, -0.15) is 4.98 Å². The van der Waals surface area contributed by atoms with Gasteiger partial charge in [0, 0.05) is 36.1 Å². The smallest absolute Gasteiger partial charge is 0.259 e. The molecule has 1 aliphatic heterocycles. The highest BCUT2D eigenvalue weighted by molar-refractivity contribution is 7.21. The van der Waals surface area contributed by atoms with Crippen molar-refractivity contribution >= 4 is 50.3 Å². The SMILES string of the molecule is COc1cnc(Cl)cc1-c1cc(C)ncc1C(=O)Nc1nc2ncc(N3C[C@@H](C)O[C@@H](C)C3)nc2s1. The molecule has 1 aliphatic rings. The number of ether oxygens (including phenoxy) is 2. The van der Waals surface area contributed by atoms with Crippen molar-refractivity contribution in [3.05, 3.63) is 47.1 Å². The summed E-state index contributed by atoms with van der Waals surface area (Å²) < 4.78 is 11.3. The third-order valence-corrected chi connectivity index (χ3v) is 6.76. The Bertz CT molecular complexity index is 1440. The van der Waals surface area contributed by atoms with Crippen molar-refractivity contribution in [2.24, 2.45) is 0 Å². The number of hydrogen-bond donors (Lipinski definition) is 1. The van der Waals surface area contributed by atoms with Gasteiger partial charge in [0.1, 0.15) is 16.7 Å². The topological polar surface area (TPSA) is 115 Å². The molecule has 1 amide bonds. The van der Waals surface area contributed by atoms with Crippen LogP contribution in [0.2, 0.25) is 5.15 Å². The molecule has 36 heavy (non-hydrogen) atoms. The Morgan fingerprint density at radius 2 is 1.89 bits per heavy atom. The fourth-order valence-electron chi connectivity index (χ4n) is 4.20. The number of morpholine rings is 1. The first-order valence-electron chi connectivity index (χ1n) is 11.3.